The molecule has 23 heavy (non-hydrogen) atoms. The van der Waals surface area contributed by atoms with Crippen molar-refractivity contribution < 1.29 is 19.4 Å². The topological polar surface area (TPSA) is 75.6 Å². The summed E-state index contributed by atoms with van der Waals surface area (Å²) in [6.07, 6.45) is 6.01. The Balaban J connectivity index is 2.58. The monoisotopic (exact) mass is 321 g/mol. The number of rotatable bonds is 11. The van der Waals surface area contributed by atoms with Gasteiger partial charge in [0.25, 0.3) is 0 Å². The zero-order chi connectivity index (χ0) is 17.1. The molecule has 0 saturated carbocycles. The summed E-state index contributed by atoms with van der Waals surface area (Å²) < 4.78 is 5.80. The maximum absolute atomic E-state index is 11.3. The molecule has 0 fully saturated rings. The normalized spacial score (nSPS) is 11.7. The van der Waals surface area contributed by atoms with Gasteiger partial charge in [-0.1, -0.05) is 50.8 Å². The molecule has 128 valence electrons. The van der Waals surface area contributed by atoms with Crippen LogP contribution in [0.15, 0.2) is 24.3 Å². The Morgan fingerprint density at radius 2 is 1.87 bits per heavy atom. The lowest BCUT2D eigenvalue weighted by molar-refractivity contribution is -0.141. The smallest absolute Gasteiger partial charge is 0.326 e. The predicted octanol–water partition coefficient (Wildman–Crippen LogP) is 3.17. The summed E-state index contributed by atoms with van der Waals surface area (Å²) in [7, 11) is 0. The van der Waals surface area contributed by atoms with Gasteiger partial charge < -0.3 is 15.2 Å². The van der Waals surface area contributed by atoms with E-state index in [0.29, 0.717) is 12.4 Å². The molecule has 2 N–H and O–H groups in total. The number of carboxylic acids is 1. The van der Waals surface area contributed by atoms with E-state index in [2.05, 4.69) is 12.2 Å². The van der Waals surface area contributed by atoms with Gasteiger partial charge in [0, 0.05) is 13.3 Å². The zero-order valence-corrected chi connectivity index (χ0v) is 14.0. The highest BCUT2D eigenvalue weighted by Gasteiger charge is 2.20. The van der Waals surface area contributed by atoms with Crippen molar-refractivity contribution in [3.63, 3.8) is 0 Å². The SMILES string of the molecule is CCCCCCCOc1ccccc1CC(NC(C)=O)C(=O)O. The van der Waals surface area contributed by atoms with Crippen molar-refractivity contribution in [2.75, 3.05) is 6.61 Å². The van der Waals surface area contributed by atoms with Crippen molar-refractivity contribution in [2.24, 2.45) is 0 Å². The fourth-order valence-electron chi connectivity index (χ4n) is 2.37. The molecule has 1 aromatic rings. The third-order valence-corrected chi connectivity index (χ3v) is 3.58. The molecule has 5 nitrogen and oxygen atoms in total. The minimum atomic E-state index is -1.05. The molecule has 1 amide bonds. The van der Waals surface area contributed by atoms with Crippen LogP contribution in [-0.4, -0.2) is 29.6 Å². The molecule has 1 rings (SSSR count). The van der Waals surface area contributed by atoms with E-state index in [1.165, 1.54) is 26.2 Å². The quantitative estimate of drug-likeness (QED) is 0.614. The molecule has 0 bridgehead atoms. The number of benzene rings is 1. The third kappa shape index (κ3) is 7.68. The summed E-state index contributed by atoms with van der Waals surface area (Å²) in [5, 5.41) is 11.7. The number of carboxylic acid groups (broad SMARTS) is 1. The van der Waals surface area contributed by atoms with Crippen molar-refractivity contribution in [3.05, 3.63) is 29.8 Å². The van der Waals surface area contributed by atoms with Crippen molar-refractivity contribution in [3.8, 4) is 5.75 Å². The van der Waals surface area contributed by atoms with Gasteiger partial charge in [0.1, 0.15) is 11.8 Å². The van der Waals surface area contributed by atoms with E-state index in [1.807, 2.05) is 24.3 Å². The summed E-state index contributed by atoms with van der Waals surface area (Å²) in [5.74, 6) is -0.708. The summed E-state index contributed by atoms with van der Waals surface area (Å²) in [4.78, 5) is 22.4. The van der Waals surface area contributed by atoms with E-state index in [-0.39, 0.29) is 12.3 Å². The van der Waals surface area contributed by atoms with Crippen LogP contribution < -0.4 is 10.1 Å². The number of hydrogen-bond donors (Lipinski definition) is 2. The number of carbonyl (C=O) groups is 2. The van der Waals surface area contributed by atoms with Crippen LogP contribution in [0.4, 0.5) is 0 Å². The number of ether oxygens (including phenoxy) is 1. The molecule has 0 aromatic heterocycles. The Morgan fingerprint density at radius 1 is 1.17 bits per heavy atom. The average molecular weight is 321 g/mol. The fraction of sp³-hybridized carbons (Fsp3) is 0.556. The Kier molecular flexibility index (Phi) is 8.80. The van der Waals surface area contributed by atoms with Gasteiger partial charge in [0.2, 0.25) is 5.91 Å². The molecule has 0 aliphatic carbocycles. The van der Waals surface area contributed by atoms with E-state index in [0.717, 1.165) is 18.4 Å². The van der Waals surface area contributed by atoms with Crippen LogP contribution in [0.5, 0.6) is 5.75 Å². The van der Waals surface area contributed by atoms with Crippen LogP contribution in [0.25, 0.3) is 0 Å². The van der Waals surface area contributed by atoms with Gasteiger partial charge in [0.15, 0.2) is 0 Å². The summed E-state index contributed by atoms with van der Waals surface area (Å²) in [6, 6.07) is 6.44. The first-order valence-corrected chi connectivity index (χ1v) is 8.25. The molecule has 0 heterocycles. The Morgan fingerprint density at radius 3 is 2.52 bits per heavy atom. The first-order chi connectivity index (χ1) is 11.0. The second kappa shape index (κ2) is 10.6. The van der Waals surface area contributed by atoms with Crippen molar-refractivity contribution >= 4 is 11.9 Å². The Bertz CT molecular complexity index is 502. The van der Waals surface area contributed by atoms with Crippen LogP contribution in [0, 0.1) is 0 Å². The van der Waals surface area contributed by atoms with Crippen LogP contribution in [0.2, 0.25) is 0 Å². The highest BCUT2D eigenvalue weighted by Crippen LogP contribution is 2.20. The predicted molar refractivity (Wildman–Crippen MR) is 89.6 cm³/mol. The van der Waals surface area contributed by atoms with Gasteiger partial charge in [-0.25, -0.2) is 4.79 Å². The van der Waals surface area contributed by atoms with E-state index in [1.54, 1.807) is 0 Å². The number of unbranched alkanes of at least 4 members (excludes halogenated alkanes) is 4. The first-order valence-electron chi connectivity index (χ1n) is 8.25. The van der Waals surface area contributed by atoms with Crippen molar-refractivity contribution in [1.82, 2.24) is 5.32 Å². The summed E-state index contributed by atoms with van der Waals surface area (Å²) in [6.45, 7) is 4.12. The number of carbonyl (C=O) groups excluding carboxylic acids is 1. The lowest BCUT2D eigenvalue weighted by Gasteiger charge is -2.16. The molecule has 0 saturated heterocycles. The number of aliphatic carboxylic acids is 1. The fourth-order valence-corrected chi connectivity index (χ4v) is 2.37. The maximum atomic E-state index is 11.3. The lowest BCUT2D eigenvalue weighted by atomic mass is 10.0. The van der Waals surface area contributed by atoms with Crippen LogP contribution >= 0.6 is 0 Å². The van der Waals surface area contributed by atoms with Gasteiger partial charge >= 0.3 is 5.97 Å². The van der Waals surface area contributed by atoms with Gasteiger partial charge in [-0.3, -0.25) is 4.79 Å². The lowest BCUT2D eigenvalue weighted by Crippen LogP contribution is -2.41. The van der Waals surface area contributed by atoms with Crippen LogP contribution in [0.1, 0.15) is 51.5 Å². The largest absolute Gasteiger partial charge is 0.493 e. The van der Waals surface area contributed by atoms with E-state index >= 15 is 0 Å². The number of nitrogens with one attached hydrogen (secondary N) is 1. The van der Waals surface area contributed by atoms with Gasteiger partial charge in [-0.05, 0) is 18.1 Å². The highest BCUT2D eigenvalue weighted by molar-refractivity contribution is 5.82. The van der Waals surface area contributed by atoms with Crippen LogP contribution in [-0.2, 0) is 16.0 Å². The number of para-hydroxylation sites is 1. The molecule has 0 spiro atoms. The minimum Gasteiger partial charge on any atom is -0.493 e. The minimum absolute atomic E-state index is 0.209. The molecule has 0 aliphatic heterocycles. The Labute approximate surface area is 138 Å². The second-order valence-corrected chi connectivity index (χ2v) is 5.67. The highest BCUT2D eigenvalue weighted by atomic mass is 16.5. The average Bonchev–Trinajstić information content (AvgIpc) is 2.51. The van der Waals surface area contributed by atoms with E-state index in [9.17, 15) is 14.7 Å². The molecule has 0 radical (unpaired) electrons. The summed E-state index contributed by atoms with van der Waals surface area (Å²) >= 11 is 0. The van der Waals surface area contributed by atoms with E-state index < -0.39 is 12.0 Å². The van der Waals surface area contributed by atoms with Crippen LogP contribution in [0.3, 0.4) is 0 Å². The molecular formula is C18H27NO4. The third-order valence-electron chi connectivity index (χ3n) is 3.58. The standard InChI is InChI=1S/C18H27NO4/c1-3-4-5-6-9-12-23-17-11-8-7-10-15(17)13-16(18(21)22)19-14(2)20/h7-8,10-11,16H,3-6,9,12-13H2,1-2H3,(H,19,20)(H,21,22). The van der Waals surface area contributed by atoms with Gasteiger partial charge in [0.05, 0.1) is 6.61 Å². The first kappa shape index (κ1) is 19.0. The van der Waals surface area contributed by atoms with Gasteiger partial charge in [-0.2, -0.15) is 0 Å². The van der Waals surface area contributed by atoms with E-state index in [4.69, 9.17) is 4.74 Å². The van der Waals surface area contributed by atoms with Crippen molar-refractivity contribution in [1.29, 1.82) is 0 Å². The molecule has 5 heteroatoms. The van der Waals surface area contributed by atoms with Crippen molar-refractivity contribution in [2.45, 2.75) is 58.4 Å². The maximum Gasteiger partial charge on any atom is 0.326 e. The van der Waals surface area contributed by atoms with Gasteiger partial charge in [-0.15, -0.1) is 0 Å². The molecule has 1 atom stereocenters. The zero-order valence-electron chi connectivity index (χ0n) is 14.0. The molecule has 1 unspecified atom stereocenters. The molecule has 1 aromatic carbocycles. The number of hydrogen-bond acceptors (Lipinski definition) is 3. The Hall–Kier alpha value is -2.04. The second-order valence-electron chi connectivity index (χ2n) is 5.67. The molecular weight excluding hydrogens is 294 g/mol. The summed E-state index contributed by atoms with van der Waals surface area (Å²) in [5.41, 5.74) is 0.794. The number of amides is 1. The molecule has 0 aliphatic rings.